The van der Waals surface area contributed by atoms with E-state index in [-0.39, 0.29) is 17.7 Å². The van der Waals surface area contributed by atoms with Gasteiger partial charge in [0, 0.05) is 42.2 Å². The van der Waals surface area contributed by atoms with Gasteiger partial charge < -0.3 is 20.2 Å². The van der Waals surface area contributed by atoms with Gasteiger partial charge in [0.25, 0.3) is 5.69 Å². The van der Waals surface area contributed by atoms with Crippen LogP contribution in [-0.4, -0.2) is 40.7 Å². The number of aromatic nitrogens is 2. The van der Waals surface area contributed by atoms with Crippen LogP contribution in [0.15, 0.2) is 60.8 Å². The van der Waals surface area contributed by atoms with Crippen molar-refractivity contribution >= 4 is 22.8 Å². The molecule has 0 spiro atoms. The Labute approximate surface area is 232 Å². The highest BCUT2D eigenvalue weighted by molar-refractivity contribution is 6.01. The minimum atomic E-state index is -0.708. The van der Waals surface area contributed by atoms with Crippen LogP contribution in [0.3, 0.4) is 0 Å². The summed E-state index contributed by atoms with van der Waals surface area (Å²) in [6.07, 6.45) is 2.35. The summed E-state index contributed by atoms with van der Waals surface area (Å²) in [7, 11) is 0. The third kappa shape index (κ3) is 5.68. The summed E-state index contributed by atoms with van der Waals surface area (Å²) >= 11 is 0. The summed E-state index contributed by atoms with van der Waals surface area (Å²) in [6, 6.07) is 14.3. The first kappa shape index (κ1) is 27.3. The van der Waals surface area contributed by atoms with Crippen molar-refractivity contribution < 1.29 is 23.0 Å². The standard InChI is InChI=1S/C31H32F2N4O3/c1-19-7-5-6-8-22(19)29-28-24(13-16-37(29)39)25(23-10-9-20(32)17-26(23)33)18-27(35-28)34-21-11-14-36(15-12-21)30(38)40-31(2,3)4/h5-10,13,16-18,21H,11-12,14-15H2,1-4H3,(H,34,35). The predicted molar refractivity (Wildman–Crippen MR) is 151 cm³/mol. The molecule has 4 aromatic rings. The molecule has 2 aromatic carbocycles. The number of nitrogens with one attached hydrogen (secondary N) is 1. The molecule has 0 aliphatic carbocycles. The van der Waals surface area contributed by atoms with Crippen molar-refractivity contribution in [1.29, 1.82) is 0 Å². The molecule has 1 fully saturated rings. The number of piperidine rings is 1. The highest BCUT2D eigenvalue weighted by atomic mass is 19.1. The fraction of sp³-hybridized carbons (Fsp3) is 0.323. The Hall–Kier alpha value is -4.27. The van der Waals surface area contributed by atoms with E-state index in [1.807, 2.05) is 52.0 Å². The Kier molecular flexibility index (Phi) is 7.31. The zero-order valence-electron chi connectivity index (χ0n) is 23.0. The minimum Gasteiger partial charge on any atom is -0.618 e. The number of amides is 1. The van der Waals surface area contributed by atoms with E-state index in [0.29, 0.717) is 59.5 Å². The van der Waals surface area contributed by atoms with Crippen LogP contribution in [0, 0.1) is 23.8 Å². The van der Waals surface area contributed by atoms with Crippen LogP contribution in [0.2, 0.25) is 0 Å². The first-order chi connectivity index (χ1) is 19.0. The Morgan fingerprint density at radius 3 is 2.45 bits per heavy atom. The summed E-state index contributed by atoms with van der Waals surface area (Å²) < 4.78 is 35.1. The lowest BCUT2D eigenvalue weighted by molar-refractivity contribution is -0.592. The second kappa shape index (κ2) is 10.7. The molecule has 9 heteroatoms. The molecule has 0 atom stereocenters. The second-order valence-electron chi connectivity index (χ2n) is 11.1. The highest BCUT2D eigenvalue weighted by Gasteiger charge is 2.28. The van der Waals surface area contributed by atoms with Crippen molar-refractivity contribution in [2.75, 3.05) is 18.4 Å². The van der Waals surface area contributed by atoms with Crippen molar-refractivity contribution in [1.82, 2.24) is 9.88 Å². The average Bonchev–Trinajstić information content (AvgIpc) is 2.88. The number of fused-ring (bicyclic) bond motifs is 1. The van der Waals surface area contributed by atoms with Crippen molar-refractivity contribution in [3.05, 3.63) is 83.2 Å². The Bertz CT molecular complexity index is 1580. The molecule has 1 N–H and O–H groups in total. The topological polar surface area (TPSA) is 81.4 Å². The molecule has 1 aliphatic heterocycles. The van der Waals surface area contributed by atoms with Crippen LogP contribution in [0.5, 0.6) is 0 Å². The van der Waals surface area contributed by atoms with Crippen molar-refractivity contribution in [2.45, 2.75) is 52.2 Å². The number of aryl methyl sites for hydroxylation is 1. The van der Waals surface area contributed by atoms with Crippen molar-refractivity contribution in [3.63, 3.8) is 0 Å². The number of benzene rings is 2. The summed E-state index contributed by atoms with van der Waals surface area (Å²) in [5, 5.41) is 17.1. The lowest BCUT2D eigenvalue weighted by Crippen LogP contribution is -2.44. The molecule has 7 nitrogen and oxygen atoms in total. The molecule has 0 saturated carbocycles. The first-order valence-electron chi connectivity index (χ1n) is 13.3. The molecule has 0 bridgehead atoms. The van der Waals surface area contributed by atoms with Crippen LogP contribution in [-0.2, 0) is 4.74 Å². The van der Waals surface area contributed by atoms with E-state index in [9.17, 15) is 14.4 Å². The second-order valence-corrected chi connectivity index (χ2v) is 11.1. The number of rotatable bonds is 4. The number of likely N-dealkylation sites (tertiary alicyclic amines) is 1. The summed E-state index contributed by atoms with van der Waals surface area (Å²) in [4.78, 5) is 19.0. The van der Waals surface area contributed by atoms with Gasteiger partial charge in [-0.2, -0.15) is 4.73 Å². The van der Waals surface area contributed by atoms with E-state index in [0.717, 1.165) is 16.4 Å². The van der Waals surface area contributed by atoms with Gasteiger partial charge in [0.2, 0.25) is 0 Å². The van der Waals surface area contributed by atoms with Crippen LogP contribution in [0.1, 0.15) is 39.2 Å². The third-order valence-corrected chi connectivity index (χ3v) is 7.00. The number of nitrogens with zero attached hydrogens (tertiary/aromatic N) is 3. The molecule has 1 amide bonds. The molecule has 208 valence electrons. The van der Waals surface area contributed by atoms with Crippen LogP contribution in [0.25, 0.3) is 33.3 Å². The average molecular weight is 547 g/mol. The van der Waals surface area contributed by atoms with Gasteiger partial charge in [0.05, 0.1) is 5.56 Å². The number of pyridine rings is 2. The molecule has 0 radical (unpaired) electrons. The van der Waals surface area contributed by atoms with Gasteiger partial charge in [-0.3, -0.25) is 0 Å². The lowest BCUT2D eigenvalue weighted by Gasteiger charge is -2.34. The molecule has 40 heavy (non-hydrogen) atoms. The van der Waals surface area contributed by atoms with Gasteiger partial charge in [-0.05, 0) is 75.9 Å². The van der Waals surface area contributed by atoms with E-state index in [4.69, 9.17) is 9.72 Å². The maximum absolute atomic E-state index is 15.1. The smallest absolute Gasteiger partial charge is 0.410 e. The van der Waals surface area contributed by atoms with Gasteiger partial charge >= 0.3 is 6.09 Å². The number of hydrogen-bond acceptors (Lipinski definition) is 5. The predicted octanol–water partition coefficient (Wildman–Crippen LogP) is 6.60. The molecule has 1 aliphatic rings. The summed E-state index contributed by atoms with van der Waals surface area (Å²) in [6.45, 7) is 8.44. The first-order valence-corrected chi connectivity index (χ1v) is 13.3. The Morgan fingerprint density at radius 2 is 1.77 bits per heavy atom. The van der Waals surface area contributed by atoms with E-state index in [1.165, 1.54) is 18.3 Å². The van der Waals surface area contributed by atoms with E-state index in [1.54, 1.807) is 17.0 Å². The molecule has 3 heterocycles. The molecular formula is C31H32F2N4O3. The van der Waals surface area contributed by atoms with E-state index in [2.05, 4.69) is 5.32 Å². The maximum atomic E-state index is 15.1. The zero-order chi connectivity index (χ0) is 28.6. The highest BCUT2D eigenvalue weighted by Crippen LogP contribution is 2.36. The SMILES string of the molecule is Cc1ccccc1-c1c2nc(NC3CCN(C(=O)OC(C)(C)C)CC3)cc(-c3ccc(F)cc3F)c2cc[n+]1[O-]. The van der Waals surface area contributed by atoms with Crippen molar-refractivity contribution in [2.24, 2.45) is 0 Å². The van der Waals surface area contributed by atoms with Crippen LogP contribution in [0.4, 0.5) is 19.4 Å². The Morgan fingerprint density at radius 1 is 1.05 bits per heavy atom. The Balaban J connectivity index is 1.55. The van der Waals surface area contributed by atoms with Gasteiger partial charge in [-0.25, -0.2) is 18.6 Å². The minimum absolute atomic E-state index is 0.0143. The number of anilines is 1. The van der Waals surface area contributed by atoms with Crippen molar-refractivity contribution in [3.8, 4) is 22.4 Å². The number of carbonyl (C=O) groups excluding carboxylic acids is 1. The summed E-state index contributed by atoms with van der Waals surface area (Å²) in [5.41, 5.74) is 2.49. The molecule has 5 rings (SSSR count). The van der Waals surface area contributed by atoms with Gasteiger partial charge in [-0.15, -0.1) is 0 Å². The van der Waals surface area contributed by atoms with Gasteiger partial charge in [-0.1, -0.05) is 18.2 Å². The quantitative estimate of drug-likeness (QED) is 0.230. The van der Waals surface area contributed by atoms with E-state index >= 15 is 4.39 Å². The van der Waals surface area contributed by atoms with Crippen LogP contribution < -0.4 is 10.0 Å². The largest absolute Gasteiger partial charge is 0.618 e. The van der Waals surface area contributed by atoms with E-state index < -0.39 is 17.2 Å². The zero-order valence-corrected chi connectivity index (χ0v) is 23.0. The molecule has 1 saturated heterocycles. The normalized spacial score (nSPS) is 14.4. The lowest BCUT2D eigenvalue weighted by atomic mass is 9.97. The number of hydrogen-bond donors (Lipinski definition) is 1. The summed E-state index contributed by atoms with van der Waals surface area (Å²) in [5.74, 6) is -0.920. The number of carbonyl (C=O) groups is 1. The van der Waals surface area contributed by atoms with Gasteiger partial charge in [0.1, 0.15) is 28.6 Å². The number of halogens is 2. The third-order valence-electron chi connectivity index (χ3n) is 7.00. The van der Waals surface area contributed by atoms with Crippen LogP contribution >= 0.6 is 0 Å². The molecular weight excluding hydrogens is 514 g/mol. The monoisotopic (exact) mass is 546 g/mol. The fourth-order valence-corrected chi connectivity index (χ4v) is 5.06. The molecule has 2 aromatic heterocycles. The van der Waals surface area contributed by atoms with Gasteiger partial charge in [0.15, 0.2) is 6.20 Å². The fourth-order valence-electron chi connectivity index (χ4n) is 5.06. The maximum Gasteiger partial charge on any atom is 0.410 e. The molecule has 0 unspecified atom stereocenters. The number of ether oxygens (including phenoxy) is 1.